The molecule has 0 N–H and O–H groups in total. The molecule has 0 spiro atoms. The van der Waals surface area contributed by atoms with E-state index in [1.807, 2.05) is 0 Å². The summed E-state index contributed by atoms with van der Waals surface area (Å²) in [5.41, 5.74) is 1.54. The van der Waals surface area contributed by atoms with Crippen molar-refractivity contribution in [3.63, 3.8) is 0 Å². The summed E-state index contributed by atoms with van der Waals surface area (Å²) in [6.45, 7) is 1.66. The zero-order chi connectivity index (χ0) is 29.0. The number of fused-ring (bicyclic) bond motifs is 3. The average Bonchev–Trinajstić information content (AvgIpc) is 3.44. The van der Waals surface area contributed by atoms with Gasteiger partial charge in [0.15, 0.2) is 11.6 Å². The summed E-state index contributed by atoms with van der Waals surface area (Å²) in [7, 11) is 0. The molecule has 0 aliphatic carbocycles. The summed E-state index contributed by atoms with van der Waals surface area (Å²) in [5.74, 6) is -3.80. The number of imide groups is 1. The first-order valence-electron chi connectivity index (χ1n) is 12.9. The van der Waals surface area contributed by atoms with Gasteiger partial charge in [0, 0.05) is 39.5 Å². The Morgan fingerprint density at radius 3 is 2.27 bits per heavy atom. The third-order valence-corrected chi connectivity index (χ3v) is 8.42. The number of halogens is 1. The SMILES string of the molecule is Cc1ccc([N+](=O)[O-])cc1N1C(=O)[C@@H]2[C@H](C1=O)[C@@H](C(=O)c1ccc(Br)cc1)N1C=CC(C(=O)c3ccccc3)=C[C@@H]21. The van der Waals surface area contributed by atoms with E-state index in [2.05, 4.69) is 15.9 Å². The second-order valence-electron chi connectivity index (χ2n) is 10.2. The van der Waals surface area contributed by atoms with Gasteiger partial charge in [-0.05, 0) is 30.7 Å². The van der Waals surface area contributed by atoms with Crippen LogP contribution in [0.15, 0.2) is 101 Å². The predicted octanol–water partition coefficient (Wildman–Crippen LogP) is 5.04. The number of ketones is 2. The lowest BCUT2D eigenvalue weighted by Crippen LogP contribution is -2.46. The van der Waals surface area contributed by atoms with Crippen LogP contribution < -0.4 is 4.90 Å². The molecule has 3 aliphatic heterocycles. The fourth-order valence-electron chi connectivity index (χ4n) is 5.93. The van der Waals surface area contributed by atoms with Gasteiger partial charge in [-0.25, -0.2) is 4.90 Å². The summed E-state index contributed by atoms with van der Waals surface area (Å²) in [6, 6.07) is 17.7. The second kappa shape index (κ2) is 10.0. The lowest BCUT2D eigenvalue weighted by Gasteiger charge is -2.33. The molecule has 3 aromatic rings. The molecule has 3 aliphatic rings. The Morgan fingerprint density at radius 2 is 1.59 bits per heavy atom. The van der Waals surface area contributed by atoms with E-state index in [4.69, 9.17) is 0 Å². The van der Waals surface area contributed by atoms with Crippen LogP contribution in [0, 0.1) is 28.9 Å². The number of nitro groups is 1. The summed E-state index contributed by atoms with van der Waals surface area (Å²) < 4.78 is 0.778. The molecule has 2 fully saturated rings. The molecule has 204 valence electrons. The van der Waals surface area contributed by atoms with Crippen molar-refractivity contribution >= 4 is 50.7 Å². The molecule has 3 heterocycles. The first-order valence-corrected chi connectivity index (χ1v) is 13.7. The Morgan fingerprint density at radius 1 is 0.902 bits per heavy atom. The molecule has 6 rings (SSSR count). The number of Topliss-reactive ketones (excluding diaryl/α,β-unsaturated/α-hetero) is 2. The highest BCUT2D eigenvalue weighted by atomic mass is 79.9. The van der Waals surface area contributed by atoms with Crippen LogP contribution in [0.3, 0.4) is 0 Å². The van der Waals surface area contributed by atoms with Crippen molar-refractivity contribution in [1.29, 1.82) is 0 Å². The van der Waals surface area contributed by atoms with Crippen LogP contribution in [0.25, 0.3) is 0 Å². The Labute approximate surface area is 243 Å². The molecule has 10 heteroatoms. The fraction of sp³-hybridized carbons (Fsp3) is 0.161. The van der Waals surface area contributed by atoms with Crippen molar-refractivity contribution in [2.75, 3.05) is 4.90 Å². The van der Waals surface area contributed by atoms with Crippen molar-refractivity contribution in [2.24, 2.45) is 11.8 Å². The highest BCUT2D eigenvalue weighted by Gasteiger charge is 2.63. The van der Waals surface area contributed by atoms with Crippen LogP contribution in [-0.2, 0) is 9.59 Å². The molecule has 41 heavy (non-hydrogen) atoms. The molecule has 2 saturated heterocycles. The highest BCUT2D eigenvalue weighted by Crippen LogP contribution is 2.48. The third kappa shape index (κ3) is 4.31. The predicted molar refractivity (Wildman–Crippen MR) is 153 cm³/mol. The highest BCUT2D eigenvalue weighted by molar-refractivity contribution is 9.10. The number of rotatable bonds is 6. The van der Waals surface area contributed by atoms with E-state index in [1.54, 1.807) is 84.8 Å². The Balaban J connectivity index is 1.45. The minimum Gasteiger partial charge on any atom is -0.359 e. The monoisotopic (exact) mass is 611 g/mol. The average molecular weight is 612 g/mol. The Bertz CT molecular complexity index is 1700. The number of nitrogens with zero attached hydrogens (tertiary/aromatic N) is 3. The zero-order valence-electron chi connectivity index (χ0n) is 21.6. The van der Waals surface area contributed by atoms with Crippen molar-refractivity contribution in [2.45, 2.75) is 19.0 Å². The molecule has 0 unspecified atom stereocenters. The van der Waals surface area contributed by atoms with E-state index in [0.29, 0.717) is 22.3 Å². The number of amides is 2. The van der Waals surface area contributed by atoms with Gasteiger partial charge in [-0.15, -0.1) is 0 Å². The molecule has 3 aromatic carbocycles. The number of anilines is 1. The number of hydrogen-bond acceptors (Lipinski definition) is 7. The second-order valence-corrected chi connectivity index (χ2v) is 11.1. The van der Waals surface area contributed by atoms with Gasteiger partial charge in [0.05, 0.1) is 28.5 Å². The minimum absolute atomic E-state index is 0.112. The van der Waals surface area contributed by atoms with E-state index in [0.717, 1.165) is 9.37 Å². The summed E-state index contributed by atoms with van der Waals surface area (Å²) in [4.78, 5) is 68.9. The molecule has 9 nitrogen and oxygen atoms in total. The number of non-ortho nitro benzene ring substituents is 1. The normalized spacial score (nSPS) is 22.8. The minimum atomic E-state index is -1.06. The third-order valence-electron chi connectivity index (χ3n) is 7.89. The molecule has 0 saturated carbocycles. The van der Waals surface area contributed by atoms with Crippen LogP contribution in [-0.4, -0.2) is 45.3 Å². The van der Waals surface area contributed by atoms with Gasteiger partial charge in [-0.1, -0.05) is 70.5 Å². The van der Waals surface area contributed by atoms with Gasteiger partial charge < -0.3 is 4.90 Å². The van der Waals surface area contributed by atoms with Crippen LogP contribution in [0.1, 0.15) is 26.3 Å². The topological polar surface area (TPSA) is 118 Å². The van der Waals surface area contributed by atoms with E-state index in [-0.39, 0.29) is 22.9 Å². The standard InChI is InChI=1S/C31H22BrN3O6/c1-17-7-12-22(35(40)41)16-23(17)34-30(38)25-24-15-20(28(36)18-5-3-2-4-6-18)13-14-33(24)27(26(25)31(34)39)29(37)19-8-10-21(32)11-9-19/h2-16,24-27H,1H3/t24-,25-,26-,27-/m0/s1. The number of carbonyl (C=O) groups excluding carboxylic acids is 4. The Hall–Kier alpha value is -4.70. The smallest absolute Gasteiger partial charge is 0.271 e. The number of benzene rings is 3. The van der Waals surface area contributed by atoms with Gasteiger partial charge in [0.25, 0.3) is 5.69 Å². The largest absolute Gasteiger partial charge is 0.359 e. The van der Waals surface area contributed by atoms with Gasteiger partial charge in [0.2, 0.25) is 11.8 Å². The maximum Gasteiger partial charge on any atom is 0.271 e. The molecule has 0 radical (unpaired) electrons. The maximum atomic E-state index is 14.0. The summed E-state index contributed by atoms with van der Waals surface area (Å²) in [6.07, 6.45) is 4.87. The number of allylic oxidation sites excluding steroid dienone is 2. The lowest BCUT2D eigenvalue weighted by molar-refractivity contribution is -0.384. The van der Waals surface area contributed by atoms with E-state index in [1.165, 1.54) is 18.2 Å². The van der Waals surface area contributed by atoms with Crippen molar-refractivity contribution in [3.8, 4) is 0 Å². The first kappa shape index (κ1) is 26.5. The zero-order valence-corrected chi connectivity index (χ0v) is 23.2. The van der Waals surface area contributed by atoms with Crippen molar-refractivity contribution in [1.82, 2.24) is 4.90 Å². The number of nitro benzene ring substituents is 1. The first-order chi connectivity index (χ1) is 19.7. The number of hydrogen-bond donors (Lipinski definition) is 0. The maximum absolute atomic E-state index is 14.0. The van der Waals surface area contributed by atoms with E-state index >= 15 is 0 Å². The van der Waals surface area contributed by atoms with E-state index < -0.39 is 40.7 Å². The summed E-state index contributed by atoms with van der Waals surface area (Å²) in [5, 5.41) is 11.5. The van der Waals surface area contributed by atoms with Gasteiger partial charge in [-0.3, -0.25) is 29.3 Å². The lowest BCUT2D eigenvalue weighted by atomic mass is 9.85. The molecular formula is C31H22BrN3O6. The van der Waals surface area contributed by atoms with Gasteiger partial charge in [0.1, 0.15) is 6.04 Å². The van der Waals surface area contributed by atoms with Crippen LogP contribution >= 0.6 is 15.9 Å². The van der Waals surface area contributed by atoms with Crippen LogP contribution in [0.2, 0.25) is 0 Å². The Kier molecular flexibility index (Phi) is 6.50. The molecular weight excluding hydrogens is 590 g/mol. The number of carbonyl (C=O) groups is 4. The van der Waals surface area contributed by atoms with E-state index in [9.17, 15) is 29.3 Å². The van der Waals surface area contributed by atoms with Gasteiger partial charge in [-0.2, -0.15) is 0 Å². The molecule has 0 bridgehead atoms. The van der Waals surface area contributed by atoms with Crippen molar-refractivity contribution in [3.05, 3.63) is 128 Å². The van der Waals surface area contributed by atoms with Gasteiger partial charge >= 0.3 is 0 Å². The molecule has 4 atom stereocenters. The quantitative estimate of drug-likeness (QED) is 0.166. The van der Waals surface area contributed by atoms with Crippen LogP contribution in [0.4, 0.5) is 11.4 Å². The fourth-order valence-corrected chi connectivity index (χ4v) is 6.19. The molecule has 2 amide bonds. The summed E-state index contributed by atoms with van der Waals surface area (Å²) >= 11 is 3.37. The molecule has 0 aromatic heterocycles. The number of aryl methyl sites for hydroxylation is 1. The van der Waals surface area contributed by atoms with Crippen LogP contribution in [0.5, 0.6) is 0 Å². The van der Waals surface area contributed by atoms with Crippen molar-refractivity contribution < 1.29 is 24.1 Å².